The lowest BCUT2D eigenvalue weighted by Crippen LogP contribution is -2.67. The van der Waals surface area contributed by atoms with Gasteiger partial charge in [0.1, 0.15) is 6.61 Å². The highest BCUT2D eigenvalue weighted by atomic mass is 35.5. The van der Waals surface area contributed by atoms with E-state index in [-0.39, 0.29) is 19.0 Å². The van der Waals surface area contributed by atoms with Crippen LogP contribution in [0.2, 0.25) is 0 Å². The summed E-state index contributed by atoms with van der Waals surface area (Å²) in [5, 5.41) is 19.3. The number of likely N-dealkylation sites (tertiary alicyclic amines) is 1. The highest BCUT2D eigenvalue weighted by Gasteiger charge is 2.53. The number of aliphatic hydroxyl groups is 1. The fraction of sp³-hybridized carbons (Fsp3) is 0.714. The summed E-state index contributed by atoms with van der Waals surface area (Å²) in [6, 6.07) is 0. The molecule has 0 spiro atoms. The molecule has 0 radical (unpaired) electrons. The molecule has 0 amide bonds. The van der Waals surface area contributed by atoms with Gasteiger partial charge in [0.2, 0.25) is 0 Å². The van der Waals surface area contributed by atoms with Crippen LogP contribution < -0.4 is 0 Å². The Hall–Kier alpha value is -0.650. The van der Waals surface area contributed by atoms with Gasteiger partial charge in [0.05, 0.1) is 13.1 Å². The van der Waals surface area contributed by atoms with Crippen LogP contribution in [0.3, 0.4) is 0 Å². The third kappa shape index (κ3) is 2.18. The average Bonchev–Trinajstić information content (AvgIpc) is 1.95. The van der Waals surface area contributed by atoms with Gasteiger partial charge >= 0.3 is 0 Å². The Morgan fingerprint density at radius 2 is 2.23 bits per heavy atom. The van der Waals surface area contributed by atoms with Crippen molar-refractivity contribution < 1.29 is 10.0 Å². The zero-order chi connectivity index (χ0) is 9.19. The van der Waals surface area contributed by atoms with E-state index in [9.17, 15) is 10.1 Å². The molecular weight excluding hydrogens is 196 g/mol. The Balaban J connectivity index is 0.00000144. The lowest BCUT2D eigenvalue weighted by atomic mass is 9.92. The molecule has 0 saturated carbocycles. The summed E-state index contributed by atoms with van der Waals surface area (Å²) in [7, 11) is 0. The maximum absolute atomic E-state index is 10.5. The summed E-state index contributed by atoms with van der Waals surface area (Å²) in [5.74, 6) is 0. The number of rotatable bonds is 4. The Bertz CT molecular complexity index is 204. The standard InChI is InChI=1S/C7H12N2O3.ClH/c1-2-3-8-4-7(5-8,6-10)9(11)12;/h2,10H,1,3-6H2;1H. The lowest BCUT2D eigenvalue weighted by molar-refractivity contribution is -0.592. The summed E-state index contributed by atoms with van der Waals surface area (Å²) in [4.78, 5) is 11.9. The van der Waals surface area contributed by atoms with Crippen LogP contribution in [0.4, 0.5) is 0 Å². The van der Waals surface area contributed by atoms with E-state index in [1.54, 1.807) is 6.08 Å². The van der Waals surface area contributed by atoms with Gasteiger partial charge in [-0.25, -0.2) is 0 Å². The Labute approximate surface area is 82.6 Å². The number of nitro groups is 1. The molecule has 0 aliphatic carbocycles. The lowest BCUT2D eigenvalue weighted by Gasteiger charge is -2.41. The molecule has 0 atom stereocenters. The van der Waals surface area contributed by atoms with Gasteiger partial charge in [-0.05, 0) is 0 Å². The topological polar surface area (TPSA) is 66.6 Å². The maximum atomic E-state index is 10.5. The van der Waals surface area contributed by atoms with E-state index in [1.165, 1.54) is 0 Å². The predicted octanol–water partition coefficient (Wildman–Crippen LogP) is -0.0824. The van der Waals surface area contributed by atoms with Crippen molar-refractivity contribution in [2.75, 3.05) is 26.2 Å². The largest absolute Gasteiger partial charge is 0.389 e. The fourth-order valence-corrected chi connectivity index (χ4v) is 1.37. The van der Waals surface area contributed by atoms with Gasteiger partial charge in [-0.1, -0.05) is 6.08 Å². The molecule has 5 nitrogen and oxygen atoms in total. The van der Waals surface area contributed by atoms with E-state index < -0.39 is 10.5 Å². The second-order valence-electron chi connectivity index (χ2n) is 3.10. The summed E-state index contributed by atoms with van der Waals surface area (Å²) >= 11 is 0. The van der Waals surface area contributed by atoms with Crippen molar-refractivity contribution in [3.05, 3.63) is 22.8 Å². The molecule has 1 heterocycles. The molecule has 1 aliphatic heterocycles. The molecule has 0 bridgehead atoms. The minimum Gasteiger partial charge on any atom is -0.389 e. The van der Waals surface area contributed by atoms with Crippen molar-refractivity contribution >= 4 is 12.4 Å². The molecule has 0 aromatic rings. The van der Waals surface area contributed by atoms with E-state index in [1.807, 2.05) is 4.90 Å². The van der Waals surface area contributed by atoms with Gasteiger partial charge in [0.15, 0.2) is 0 Å². The smallest absolute Gasteiger partial charge is 0.269 e. The first-order valence-electron chi connectivity index (χ1n) is 3.73. The normalized spacial score (nSPS) is 19.8. The highest BCUT2D eigenvalue weighted by Crippen LogP contribution is 2.23. The molecule has 6 heteroatoms. The first-order valence-corrected chi connectivity index (χ1v) is 3.73. The van der Waals surface area contributed by atoms with E-state index in [2.05, 4.69) is 6.58 Å². The summed E-state index contributed by atoms with van der Waals surface area (Å²) in [6.45, 7) is 4.44. The molecule has 0 aromatic heterocycles. The van der Waals surface area contributed by atoms with Crippen molar-refractivity contribution in [2.24, 2.45) is 0 Å². The minimum atomic E-state index is -1.11. The molecule has 1 fully saturated rings. The van der Waals surface area contributed by atoms with Crippen molar-refractivity contribution in [1.29, 1.82) is 0 Å². The first-order chi connectivity index (χ1) is 5.64. The van der Waals surface area contributed by atoms with Crippen molar-refractivity contribution in [3.63, 3.8) is 0 Å². The second-order valence-corrected chi connectivity index (χ2v) is 3.10. The van der Waals surface area contributed by atoms with Crippen molar-refractivity contribution in [2.45, 2.75) is 5.54 Å². The van der Waals surface area contributed by atoms with Crippen LogP contribution in [-0.2, 0) is 0 Å². The number of halogens is 1. The van der Waals surface area contributed by atoms with Crippen LogP contribution >= 0.6 is 12.4 Å². The van der Waals surface area contributed by atoms with Crippen LogP contribution in [0.15, 0.2) is 12.7 Å². The number of hydrogen-bond acceptors (Lipinski definition) is 4. The molecule has 1 aliphatic rings. The van der Waals surface area contributed by atoms with Gasteiger partial charge in [-0.15, -0.1) is 19.0 Å². The SMILES string of the molecule is C=CCN1CC(CO)([N+](=O)[O-])C1.Cl. The fourth-order valence-electron chi connectivity index (χ4n) is 1.37. The maximum Gasteiger partial charge on any atom is 0.269 e. The highest BCUT2D eigenvalue weighted by molar-refractivity contribution is 5.85. The van der Waals surface area contributed by atoms with Crippen LogP contribution in [0, 0.1) is 10.1 Å². The molecular formula is C7H13ClN2O3. The zero-order valence-electron chi connectivity index (χ0n) is 7.18. The van der Waals surface area contributed by atoms with Gasteiger partial charge in [-0.3, -0.25) is 15.0 Å². The monoisotopic (exact) mass is 208 g/mol. The molecule has 76 valence electrons. The van der Waals surface area contributed by atoms with Crippen molar-refractivity contribution in [3.8, 4) is 0 Å². The van der Waals surface area contributed by atoms with Crippen LogP contribution in [0.5, 0.6) is 0 Å². The van der Waals surface area contributed by atoms with Crippen LogP contribution in [-0.4, -0.2) is 46.7 Å². The Morgan fingerprint density at radius 1 is 1.69 bits per heavy atom. The third-order valence-electron chi connectivity index (χ3n) is 2.10. The molecule has 1 rings (SSSR count). The molecule has 1 saturated heterocycles. The summed E-state index contributed by atoms with van der Waals surface area (Å²) < 4.78 is 0. The quantitative estimate of drug-likeness (QED) is 0.399. The van der Waals surface area contributed by atoms with E-state index in [0.717, 1.165) is 0 Å². The predicted molar refractivity (Wildman–Crippen MR) is 50.7 cm³/mol. The van der Waals surface area contributed by atoms with Gasteiger partial charge < -0.3 is 5.11 Å². The summed E-state index contributed by atoms with van der Waals surface area (Å²) in [6.07, 6.45) is 1.70. The van der Waals surface area contributed by atoms with Gasteiger partial charge in [0.25, 0.3) is 5.54 Å². The van der Waals surface area contributed by atoms with Crippen molar-refractivity contribution in [1.82, 2.24) is 4.90 Å². The van der Waals surface area contributed by atoms with Gasteiger partial charge in [-0.2, -0.15) is 0 Å². The van der Waals surface area contributed by atoms with E-state index in [4.69, 9.17) is 5.11 Å². The number of aliphatic hydroxyl groups excluding tert-OH is 1. The van der Waals surface area contributed by atoms with Crippen LogP contribution in [0.25, 0.3) is 0 Å². The zero-order valence-corrected chi connectivity index (χ0v) is 8.00. The van der Waals surface area contributed by atoms with Gasteiger partial charge in [0, 0.05) is 11.5 Å². The third-order valence-corrected chi connectivity index (χ3v) is 2.10. The first kappa shape index (κ1) is 12.3. The average molecular weight is 209 g/mol. The number of hydrogen-bond donors (Lipinski definition) is 1. The Kier molecular flexibility index (Phi) is 4.32. The Morgan fingerprint density at radius 3 is 2.54 bits per heavy atom. The molecule has 13 heavy (non-hydrogen) atoms. The van der Waals surface area contributed by atoms with Crippen LogP contribution in [0.1, 0.15) is 0 Å². The van der Waals surface area contributed by atoms with E-state index in [0.29, 0.717) is 19.6 Å². The molecule has 0 unspecified atom stereocenters. The second kappa shape index (κ2) is 4.55. The summed E-state index contributed by atoms with van der Waals surface area (Å²) in [5.41, 5.74) is -1.11. The number of nitrogens with zero attached hydrogens (tertiary/aromatic N) is 2. The van der Waals surface area contributed by atoms with E-state index >= 15 is 0 Å². The molecule has 1 N–H and O–H groups in total. The minimum absolute atomic E-state index is 0. The molecule has 0 aromatic carbocycles.